The van der Waals surface area contributed by atoms with Crippen LogP contribution < -0.4 is 4.74 Å². The Kier molecular flexibility index (Phi) is 9.59. The average Bonchev–Trinajstić information content (AvgIpc) is 2.84. The van der Waals surface area contributed by atoms with E-state index in [1.54, 1.807) is 0 Å². The highest BCUT2D eigenvalue weighted by Crippen LogP contribution is 2.36. The summed E-state index contributed by atoms with van der Waals surface area (Å²) in [5.41, 5.74) is 0.781. The minimum atomic E-state index is -0.384. The number of unbranched alkanes of at least 4 members (excludes halogenated alkanes) is 1. The summed E-state index contributed by atoms with van der Waals surface area (Å²) in [5, 5.41) is 10.1. The van der Waals surface area contributed by atoms with Crippen LogP contribution in [0.25, 0.3) is 0 Å². The van der Waals surface area contributed by atoms with Crippen LogP contribution in [0.3, 0.4) is 0 Å². The maximum Gasteiger partial charge on any atom is 0.119 e. The van der Waals surface area contributed by atoms with Crippen LogP contribution in [0.5, 0.6) is 5.75 Å². The molecule has 32 heavy (non-hydrogen) atoms. The SMILES string of the molecule is CC(C)C(C#N)(CCCN1CCN(CCCCOc2ccccc2)CC1)c1ccccc1. The van der Waals surface area contributed by atoms with Crippen molar-refractivity contribution in [1.82, 2.24) is 9.80 Å². The van der Waals surface area contributed by atoms with Gasteiger partial charge in [-0.2, -0.15) is 5.26 Å². The minimum absolute atomic E-state index is 0.303. The molecule has 1 heterocycles. The van der Waals surface area contributed by atoms with E-state index in [2.05, 4.69) is 54.0 Å². The highest BCUT2D eigenvalue weighted by molar-refractivity contribution is 5.33. The lowest BCUT2D eigenvalue weighted by molar-refractivity contribution is 0.125. The van der Waals surface area contributed by atoms with Gasteiger partial charge in [-0.3, -0.25) is 0 Å². The number of ether oxygens (including phenoxy) is 1. The van der Waals surface area contributed by atoms with Crippen LogP contribution in [0.2, 0.25) is 0 Å². The number of nitrogens with zero attached hydrogens (tertiary/aromatic N) is 3. The molecule has 0 aliphatic carbocycles. The zero-order chi connectivity index (χ0) is 22.7. The van der Waals surface area contributed by atoms with E-state index in [4.69, 9.17) is 4.74 Å². The zero-order valence-corrected chi connectivity index (χ0v) is 19.9. The van der Waals surface area contributed by atoms with Crippen LogP contribution in [0, 0.1) is 17.2 Å². The Morgan fingerprint density at radius 2 is 1.41 bits per heavy atom. The lowest BCUT2D eigenvalue weighted by atomic mass is 9.70. The van der Waals surface area contributed by atoms with Gasteiger partial charge in [-0.25, -0.2) is 0 Å². The number of rotatable bonds is 12. The Morgan fingerprint density at radius 1 is 0.844 bits per heavy atom. The topological polar surface area (TPSA) is 39.5 Å². The molecule has 0 aromatic heterocycles. The Bertz CT molecular complexity index is 810. The minimum Gasteiger partial charge on any atom is -0.494 e. The lowest BCUT2D eigenvalue weighted by Crippen LogP contribution is -2.47. The third-order valence-corrected chi connectivity index (χ3v) is 6.87. The second kappa shape index (κ2) is 12.6. The average molecular weight is 434 g/mol. The number of para-hydroxylation sites is 1. The third kappa shape index (κ3) is 6.82. The molecule has 0 amide bonds. The summed E-state index contributed by atoms with van der Waals surface area (Å²) in [6.07, 6.45) is 4.27. The van der Waals surface area contributed by atoms with Gasteiger partial charge in [0.2, 0.25) is 0 Å². The number of nitriles is 1. The number of piperazine rings is 1. The molecular formula is C28H39N3O. The molecule has 4 nitrogen and oxygen atoms in total. The van der Waals surface area contributed by atoms with E-state index in [1.165, 1.54) is 12.0 Å². The fraction of sp³-hybridized carbons (Fsp3) is 0.536. The second-order valence-electron chi connectivity index (χ2n) is 9.26. The lowest BCUT2D eigenvalue weighted by Gasteiger charge is -2.36. The highest BCUT2D eigenvalue weighted by Gasteiger charge is 2.35. The van der Waals surface area contributed by atoms with Crippen molar-refractivity contribution in [2.24, 2.45) is 5.92 Å². The summed E-state index contributed by atoms with van der Waals surface area (Å²) in [7, 11) is 0. The van der Waals surface area contributed by atoms with Crippen molar-refractivity contribution in [3.8, 4) is 11.8 Å². The van der Waals surface area contributed by atoms with E-state index in [9.17, 15) is 5.26 Å². The molecular weight excluding hydrogens is 394 g/mol. The molecule has 1 saturated heterocycles. The molecule has 0 radical (unpaired) electrons. The van der Waals surface area contributed by atoms with Crippen LogP contribution in [-0.4, -0.2) is 55.7 Å². The van der Waals surface area contributed by atoms with Crippen LogP contribution in [0.15, 0.2) is 60.7 Å². The van der Waals surface area contributed by atoms with Crippen molar-refractivity contribution in [3.63, 3.8) is 0 Å². The van der Waals surface area contributed by atoms with Crippen molar-refractivity contribution in [3.05, 3.63) is 66.2 Å². The molecule has 4 heteroatoms. The van der Waals surface area contributed by atoms with Crippen molar-refractivity contribution < 1.29 is 4.74 Å². The monoisotopic (exact) mass is 433 g/mol. The molecule has 1 atom stereocenters. The van der Waals surface area contributed by atoms with Crippen LogP contribution >= 0.6 is 0 Å². The van der Waals surface area contributed by atoms with Crippen molar-refractivity contribution >= 4 is 0 Å². The number of benzene rings is 2. The van der Waals surface area contributed by atoms with Gasteiger partial charge in [0.1, 0.15) is 5.75 Å². The van der Waals surface area contributed by atoms with Gasteiger partial charge < -0.3 is 14.5 Å². The fourth-order valence-corrected chi connectivity index (χ4v) is 4.71. The summed E-state index contributed by atoms with van der Waals surface area (Å²) < 4.78 is 5.79. The molecule has 0 spiro atoms. The summed E-state index contributed by atoms with van der Waals surface area (Å²) >= 11 is 0. The molecule has 0 bridgehead atoms. The van der Waals surface area contributed by atoms with Gasteiger partial charge in [0.15, 0.2) is 0 Å². The molecule has 0 N–H and O–H groups in total. The standard InChI is InChI=1S/C28H39N3O/c1-25(2)28(24-29,26-12-5-3-6-13-26)16-11-18-31-21-19-30(20-22-31)17-9-10-23-32-27-14-7-4-8-15-27/h3-8,12-15,25H,9-11,16-23H2,1-2H3. The normalized spacial score (nSPS) is 17.1. The maximum atomic E-state index is 10.1. The molecule has 1 aliphatic heterocycles. The van der Waals surface area contributed by atoms with Gasteiger partial charge in [0.25, 0.3) is 0 Å². The molecule has 2 aromatic rings. The van der Waals surface area contributed by atoms with Gasteiger partial charge in [-0.05, 0) is 62.4 Å². The van der Waals surface area contributed by atoms with E-state index >= 15 is 0 Å². The third-order valence-electron chi connectivity index (χ3n) is 6.87. The summed E-state index contributed by atoms with van der Waals surface area (Å²) in [4.78, 5) is 5.15. The largest absolute Gasteiger partial charge is 0.494 e. The first-order chi connectivity index (χ1) is 15.6. The van der Waals surface area contributed by atoms with Gasteiger partial charge in [-0.15, -0.1) is 0 Å². The van der Waals surface area contributed by atoms with Crippen molar-refractivity contribution in [2.45, 2.75) is 44.9 Å². The van der Waals surface area contributed by atoms with E-state index < -0.39 is 0 Å². The van der Waals surface area contributed by atoms with Gasteiger partial charge in [0.05, 0.1) is 18.1 Å². The van der Waals surface area contributed by atoms with Crippen molar-refractivity contribution in [2.75, 3.05) is 45.9 Å². The predicted octanol–water partition coefficient (Wildman–Crippen LogP) is 5.36. The molecule has 1 aliphatic rings. The fourth-order valence-electron chi connectivity index (χ4n) is 4.71. The smallest absolute Gasteiger partial charge is 0.119 e. The van der Waals surface area contributed by atoms with Crippen LogP contribution in [0.4, 0.5) is 0 Å². The van der Waals surface area contributed by atoms with E-state index in [0.717, 1.165) is 70.9 Å². The molecule has 1 unspecified atom stereocenters. The molecule has 1 fully saturated rings. The van der Waals surface area contributed by atoms with Gasteiger partial charge in [-0.1, -0.05) is 62.4 Å². The Balaban J connectivity index is 1.33. The van der Waals surface area contributed by atoms with E-state index in [-0.39, 0.29) is 5.41 Å². The number of hydrogen-bond acceptors (Lipinski definition) is 4. The van der Waals surface area contributed by atoms with Crippen LogP contribution in [0.1, 0.15) is 45.1 Å². The van der Waals surface area contributed by atoms with E-state index in [1.807, 2.05) is 36.4 Å². The first-order valence-corrected chi connectivity index (χ1v) is 12.2. The first-order valence-electron chi connectivity index (χ1n) is 12.2. The first kappa shape index (κ1) is 24.3. The Labute approximate surface area is 194 Å². The highest BCUT2D eigenvalue weighted by atomic mass is 16.5. The second-order valence-corrected chi connectivity index (χ2v) is 9.26. The molecule has 3 rings (SSSR count). The summed E-state index contributed by atoms with van der Waals surface area (Å²) in [5.74, 6) is 1.27. The van der Waals surface area contributed by atoms with Crippen LogP contribution in [-0.2, 0) is 5.41 Å². The summed E-state index contributed by atoms with van der Waals surface area (Å²) in [6.45, 7) is 12.0. The van der Waals surface area contributed by atoms with Gasteiger partial charge >= 0.3 is 0 Å². The Hall–Kier alpha value is -2.35. The molecule has 2 aromatic carbocycles. The predicted molar refractivity (Wildman–Crippen MR) is 132 cm³/mol. The van der Waals surface area contributed by atoms with E-state index in [0.29, 0.717) is 5.92 Å². The van der Waals surface area contributed by atoms with Gasteiger partial charge in [0, 0.05) is 26.2 Å². The zero-order valence-electron chi connectivity index (χ0n) is 19.9. The Morgan fingerprint density at radius 3 is 1.97 bits per heavy atom. The summed E-state index contributed by atoms with van der Waals surface area (Å²) in [6, 6.07) is 23.1. The maximum absolute atomic E-state index is 10.1. The molecule has 172 valence electrons. The van der Waals surface area contributed by atoms with Crippen molar-refractivity contribution in [1.29, 1.82) is 5.26 Å². The molecule has 0 saturated carbocycles. The number of hydrogen-bond donors (Lipinski definition) is 0. The quantitative estimate of drug-likeness (QED) is 0.422.